The number of nitrogen functional groups attached to an aromatic ring is 1. The summed E-state index contributed by atoms with van der Waals surface area (Å²) < 4.78 is 41.4. The number of hydrogen-bond donors (Lipinski definition) is 4. The Morgan fingerprint density at radius 3 is 2.65 bits per heavy atom. The number of aromatic nitrogens is 3. The van der Waals surface area contributed by atoms with Gasteiger partial charge >= 0.3 is 12.2 Å². The molecule has 5 N–H and O–H groups in total. The average molecular weight is 589 g/mol. The minimum atomic E-state index is -4.51. The number of nitrogens with zero attached hydrogens (tertiary/aromatic N) is 4. The van der Waals surface area contributed by atoms with Crippen molar-refractivity contribution in [3.05, 3.63) is 83.9 Å². The van der Waals surface area contributed by atoms with Crippen molar-refractivity contribution in [2.45, 2.75) is 32.6 Å². The van der Waals surface area contributed by atoms with Crippen molar-refractivity contribution >= 4 is 39.5 Å². The summed E-state index contributed by atoms with van der Waals surface area (Å²) in [4.78, 5) is 24.7. The summed E-state index contributed by atoms with van der Waals surface area (Å²) in [5.41, 5.74) is 9.32. The van der Waals surface area contributed by atoms with Gasteiger partial charge in [0, 0.05) is 48.9 Å². The summed E-state index contributed by atoms with van der Waals surface area (Å²) in [6.45, 7) is 7.59. The Morgan fingerprint density at radius 1 is 1.09 bits per heavy atom. The van der Waals surface area contributed by atoms with Crippen LogP contribution in [0.15, 0.2) is 66.9 Å². The fourth-order valence-electron chi connectivity index (χ4n) is 5.74. The molecule has 3 aromatic carbocycles. The molecule has 222 valence electrons. The Hall–Kier alpha value is -4.68. The number of nitrogens with one attached hydrogen (secondary N) is 3. The van der Waals surface area contributed by atoms with Gasteiger partial charge in [0.25, 0.3) is 0 Å². The first-order chi connectivity index (χ1) is 20.6. The van der Waals surface area contributed by atoms with Gasteiger partial charge in [0.05, 0.1) is 23.1 Å². The molecular weight excluding hydrogens is 557 g/mol. The maximum absolute atomic E-state index is 13.1. The number of anilines is 3. The highest BCUT2D eigenvalue weighted by molar-refractivity contribution is 6.10. The molecular formula is C31H31F3N8O. The number of urea groups is 1. The van der Waals surface area contributed by atoms with Gasteiger partial charge in [0.15, 0.2) is 0 Å². The lowest BCUT2D eigenvalue weighted by Gasteiger charge is -2.31. The van der Waals surface area contributed by atoms with Gasteiger partial charge in [0.2, 0.25) is 0 Å². The minimum absolute atomic E-state index is 0.0299. The molecule has 1 fully saturated rings. The number of rotatable bonds is 5. The predicted molar refractivity (Wildman–Crippen MR) is 162 cm³/mol. The van der Waals surface area contributed by atoms with E-state index in [1.165, 1.54) is 12.1 Å². The zero-order valence-corrected chi connectivity index (χ0v) is 23.7. The molecule has 2 amide bonds. The average Bonchev–Trinajstić information content (AvgIpc) is 3.32. The van der Waals surface area contributed by atoms with Crippen molar-refractivity contribution in [2.24, 2.45) is 0 Å². The van der Waals surface area contributed by atoms with Crippen molar-refractivity contribution in [1.82, 2.24) is 24.6 Å². The van der Waals surface area contributed by atoms with Gasteiger partial charge < -0.3 is 21.7 Å². The van der Waals surface area contributed by atoms with E-state index in [1.807, 2.05) is 43.5 Å². The van der Waals surface area contributed by atoms with Crippen molar-refractivity contribution in [3.63, 3.8) is 0 Å². The van der Waals surface area contributed by atoms with Crippen LogP contribution in [0.2, 0.25) is 0 Å². The lowest BCUT2D eigenvalue weighted by atomic mass is 10.00. The molecule has 5 aromatic rings. The van der Waals surface area contributed by atoms with Crippen LogP contribution in [0, 0.1) is 6.92 Å². The first-order valence-corrected chi connectivity index (χ1v) is 13.9. The first-order valence-electron chi connectivity index (χ1n) is 13.9. The smallest absolute Gasteiger partial charge is 0.382 e. The summed E-state index contributed by atoms with van der Waals surface area (Å²) >= 11 is 0. The molecule has 0 saturated carbocycles. The quantitative estimate of drug-likeness (QED) is 0.204. The van der Waals surface area contributed by atoms with Crippen LogP contribution in [0.5, 0.6) is 0 Å². The number of carbonyl (C=O) groups excluding carboxylic acids is 1. The number of fused-ring (bicyclic) bond motifs is 2. The lowest BCUT2D eigenvalue weighted by Crippen LogP contribution is -2.48. The van der Waals surface area contributed by atoms with Gasteiger partial charge in [-0.25, -0.2) is 14.8 Å². The van der Waals surface area contributed by atoms with Crippen molar-refractivity contribution in [2.75, 3.05) is 36.0 Å². The molecule has 1 saturated heterocycles. The van der Waals surface area contributed by atoms with Gasteiger partial charge in [-0.2, -0.15) is 13.2 Å². The molecule has 0 radical (unpaired) electrons. The summed E-state index contributed by atoms with van der Waals surface area (Å²) in [6.07, 6.45) is -2.71. The van der Waals surface area contributed by atoms with Gasteiger partial charge in [-0.1, -0.05) is 36.4 Å². The van der Waals surface area contributed by atoms with Crippen LogP contribution >= 0.6 is 0 Å². The Bertz CT molecular complexity index is 1830. The highest BCUT2D eigenvalue weighted by atomic mass is 19.4. The van der Waals surface area contributed by atoms with E-state index in [2.05, 4.69) is 37.2 Å². The van der Waals surface area contributed by atoms with Crippen LogP contribution in [-0.4, -0.2) is 51.0 Å². The van der Waals surface area contributed by atoms with E-state index in [-0.39, 0.29) is 5.69 Å². The standard InChI is InChI=1S/C31H31F3N8O/c1-18-16-41(13-12-36-18)17-22-15-37-29(35)28-27(38-19(2)42(22)28)25-10-11-26(24-9-4-3-8-23(24)25)40-30(43)39-21-7-5-6-20(14-21)31(32,33)34/h3-11,14-15,18,36H,12-13,16-17H2,1-2H3,(H2,35,37)(H2,39,40,43)/t18-/m1/s1. The second-order valence-corrected chi connectivity index (χ2v) is 10.8. The maximum Gasteiger partial charge on any atom is 0.416 e. The Balaban J connectivity index is 1.34. The van der Waals surface area contributed by atoms with Crippen molar-refractivity contribution < 1.29 is 18.0 Å². The van der Waals surface area contributed by atoms with Crippen molar-refractivity contribution in [1.29, 1.82) is 0 Å². The molecule has 43 heavy (non-hydrogen) atoms. The number of nitrogens with two attached hydrogens (primary N) is 1. The van der Waals surface area contributed by atoms with E-state index in [0.29, 0.717) is 35.3 Å². The van der Waals surface area contributed by atoms with E-state index in [1.54, 1.807) is 6.07 Å². The second-order valence-electron chi connectivity index (χ2n) is 10.8. The number of carbonyl (C=O) groups is 1. The first kappa shape index (κ1) is 28.4. The van der Waals surface area contributed by atoms with E-state index in [4.69, 9.17) is 10.7 Å². The zero-order chi connectivity index (χ0) is 30.3. The highest BCUT2D eigenvalue weighted by Crippen LogP contribution is 2.37. The molecule has 0 spiro atoms. The molecule has 1 aliphatic heterocycles. The summed E-state index contributed by atoms with van der Waals surface area (Å²) in [5.74, 6) is 1.14. The largest absolute Gasteiger partial charge is 0.416 e. The molecule has 0 unspecified atom stereocenters. The molecule has 9 nitrogen and oxygen atoms in total. The van der Waals surface area contributed by atoms with E-state index in [9.17, 15) is 18.0 Å². The third kappa shape index (κ3) is 5.71. The number of alkyl halides is 3. The van der Waals surface area contributed by atoms with Crippen molar-refractivity contribution in [3.8, 4) is 11.3 Å². The summed E-state index contributed by atoms with van der Waals surface area (Å²) in [7, 11) is 0. The highest BCUT2D eigenvalue weighted by Gasteiger charge is 2.30. The number of aryl methyl sites for hydroxylation is 1. The van der Waals surface area contributed by atoms with Crippen LogP contribution in [0.1, 0.15) is 24.0 Å². The topological polar surface area (TPSA) is 113 Å². The molecule has 6 rings (SSSR count). The molecule has 0 aliphatic carbocycles. The fraction of sp³-hybridized carbons (Fsp3) is 0.258. The third-order valence-corrected chi connectivity index (χ3v) is 7.64. The van der Waals surface area contributed by atoms with Gasteiger partial charge in [-0.05, 0) is 43.5 Å². The third-order valence-electron chi connectivity index (χ3n) is 7.64. The minimum Gasteiger partial charge on any atom is -0.382 e. The van der Waals surface area contributed by atoms with Crippen LogP contribution in [0.3, 0.4) is 0 Å². The number of benzene rings is 3. The Morgan fingerprint density at radius 2 is 1.88 bits per heavy atom. The SMILES string of the molecule is Cc1nc(-c2ccc(NC(=O)Nc3cccc(C(F)(F)F)c3)c3ccccc23)c2c(N)ncc(CN3CCN[C@H](C)C3)n12. The molecule has 12 heteroatoms. The van der Waals surface area contributed by atoms with Gasteiger partial charge in [0.1, 0.15) is 22.9 Å². The summed E-state index contributed by atoms with van der Waals surface area (Å²) in [5, 5.41) is 10.3. The number of imidazole rings is 1. The molecule has 1 atom stereocenters. The second kappa shape index (κ2) is 11.2. The number of hydrogen-bond acceptors (Lipinski definition) is 6. The summed E-state index contributed by atoms with van der Waals surface area (Å²) in [6, 6.07) is 15.4. The molecule has 1 aliphatic rings. The van der Waals surface area contributed by atoms with Crippen LogP contribution < -0.4 is 21.7 Å². The van der Waals surface area contributed by atoms with Crippen LogP contribution in [0.25, 0.3) is 27.5 Å². The van der Waals surface area contributed by atoms with Gasteiger partial charge in [-0.3, -0.25) is 9.30 Å². The number of halogens is 3. The predicted octanol–water partition coefficient (Wildman–Crippen LogP) is 5.90. The molecule has 0 bridgehead atoms. The van der Waals surface area contributed by atoms with Crippen LogP contribution in [-0.2, 0) is 12.7 Å². The maximum atomic E-state index is 13.1. The van der Waals surface area contributed by atoms with E-state index < -0.39 is 17.8 Å². The fourth-order valence-corrected chi connectivity index (χ4v) is 5.74. The number of amides is 2. The normalized spacial score (nSPS) is 16.1. The lowest BCUT2D eigenvalue weighted by molar-refractivity contribution is -0.137. The van der Waals surface area contributed by atoms with Crippen LogP contribution in [0.4, 0.5) is 35.2 Å². The zero-order valence-electron chi connectivity index (χ0n) is 23.7. The van der Waals surface area contributed by atoms with E-state index >= 15 is 0 Å². The van der Waals surface area contributed by atoms with Gasteiger partial charge in [-0.15, -0.1) is 0 Å². The molecule has 3 heterocycles. The Labute approximate surface area is 245 Å². The molecule has 2 aromatic heterocycles. The van der Waals surface area contributed by atoms with E-state index in [0.717, 1.165) is 59.6 Å². The number of piperazine rings is 1. The monoisotopic (exact) mass is 588 g/mol. The Kier molecular flexibility index (Phi) is 7.40.